The SMILES string of the molecule is CCCCNS(=O)(=O)c1ccc2c(c1)NCC(C)(C)O2. The highest BCUT2D eigenvalue weighted by atomic mass is 32.2. The summed E-state index contributed by atoms with van der Waals surface area (Å²) in [4.78, 5) is 0.267. The molecule has 0 atom stereocenters. The van der Waals surface area contributed by atoms with E-state index in [9.17, 15) is 8.42 Å². The summed E-state index contributed by atoms with van der Waals surface area (Å²) >= 11 is 0. The van der Waals surface area contributed by atoms with Gasteiger partial charge >= 0.3 is 0 Å². The van der Waals surface area contributed by atoms with Crippen LogP contribution >= 0.6 is 0 Å². The Bertz CT molecular complexity index is 582. The van der Waals surface area contributed by atoms with Gasteiger partial charge in [-0.05, 0) is 38.5 Å². The molecule has 0 saturated heterocycles. The molecule has 0 amide bonds. The number of anilines is 1. The number of unbranched alkanes of at least 4 members (excludes halogenated alkanes) is 1. The second kappa shape index (κ2) is 5.61. The van der Waals surface area contributed by atoms with Crippen LogP contribution < -0.4 is 14.8 Å². The third-order valence-corrected chi connectivity index (χ3v) is 4.63. The van der Waals surface area contributed by atoms with Crippen molar-refractivity contribution in [3.63, 3.8) is 0 Å². The van der Waals surface area contributed by atoms with Crippen LogP contribution in [-0.4, -0.2) is 27.1 Å². The van der Waals surface area contributed by atoms with Crippen molar-refractivity contribution in [3.8, 4) is 5.75 Å². The Morgan fingerprint density at radius 2 is 2.15 bits per heavy atom. The van der Waals surface area contributed by atoms with Crippen LogP contribution in [0.3, 0.4) is 0 Å². The van der Waals surface area contributed by atoms with Gasteiger partial charge in [0, 0.05) is 6.54 Å². The summed E-state index contributed by atoms with van der Waals surface area (Å²) in [6, 6.07) is 4.91. The Morgan fingerprint density at radius 3 is 2.85 bits per heavy atom. The van der Waals surface area contributed by atoms with Gasteiger partial charge in [-0.15, -0.1) is 0 Å². The zero-order valence-electron chi connectivity index (χ0n) is 12.2. The zero-order valence-corrected chi connectivity index (χ0v) is 13.0. The first-order chi connectivity index (χ1) is 9.34. The molecule has 1 aromatic carbocycles. The number of hydrogen-bond acceptors (Lipinski definition) is 4. The molecule has 1 heterocycles. The maximum Gasteiger partial charge on any atom is 0.240 e. The van der Waals surface area contributed by atoms with Crippen LogP contribution in [0.4, 0.5) is 5.69 Å². The van der Waals surface area contributed by atoms with Gasteiger partial charge in [-0.1, -0.05) is 13.3 Å². The summed E-state index contributed by atoms with van der Waals surface area (Å²) in [7, 11) is -3.44. The molecule has 6 heteroatoms. The number of ether oxygens (including phenoxy) is 1. The summed E-state index contributed by atoms with van der Waals surface area (Å²) in [6.07, 6.45) is 1.79. The zero-order chi connectivity index (χ0) is 14.8. The highest BCUT2D eigenvalue weighted by Crippen LogP contribution is 2.34. The number of hydrogen-bond donors (Lipinski definition) is 2. The van der Waals surface area contributed by atoms with Crippen LogP contribution in [0.25, 0.3) is 0 Å². The van der Waals surface area contributed by atoms with E-state index >= 15 is 0 Å². The number of sulfonamides is 1. The van der Waals surface area contributed by atoms with E-state index in [2.05, 4.69) is 10.0 Å². The van der Waals surface area contributed by atoms with Gasteiger partial charge in [0.2, 0.25) is 10.0 Å². The molecule has 20 heavy (non-hydrogen) atoms. The predicted molar refractivity (Wildman–Crippen MR) is 79.7 cm³/mol. The third-order valence-electron chi connectivity index (χ3n) is 3.17. The van der Waals surface area contributed by atoms with Crippen molar-refractivity contribution >= 4 is 15.7 Å². The van der Waals surface area contributed by atoms with Crippen molar-refractivity contribution in [2.24, 2.45) is 0 Å². The first kappa shape index (κ1) is 15.1. The summed E-state index contributed by atoms with van der Waals surface area (Å²) < 4.78 is 32.7. The second-order valence-electron chi connectivity index (χ2n) is 5.62. The van der Waals surface area contributed by atoms with Crippen LogP contribution in [0.1, 0.15) is 33.6 Å². The average molecular weight is 298 g/mol. The largest absolute Gasteiger partial charge is 0.484 e. The summed E-state index contributed by atoms with van der Waals surface area (Å²) in [5.41, 5.74) is 0.440. The van der Waals surface area contributed by atoms with Crippen LogP contribution in [-0.2, 0) is 10.0 Å². The van der Waals surface area contributed by atoms with Crippen molar-refractivity contribution in [1.29, 1.82) is 0 Å². The standard InChI is InChI=1S/C14H22N2O3S/c1-4-5-8-16-20(17,18)11-6-7-13-12(9-11)15-10-14(2,3)19-13/h6-7,9,15-16H,4-5,8,10H2,1-3H3. The molecular formula is C14H22N2O3S. The van der Waals surface area contributed by atoms with Crippen molar-refractivity contribution in [2.75, 3.05) is 18.4 Å². The van der Waals surface area contributed by atoms with Gasteiger partial charge in [-0.25, -0.2) is 13.1 Å². The topological polar surface area (TPSA) is 67.4 Å². The molecule has 1 aliphatic rings. The molecule has 0 spiro atoms. The Balaban J connectivity index is 2.19. The Hall–Kier alpha value is -1.27. The van der Waals surface area contributed by atoms with E-state index < -0.39 is 10.0 Å². The minimum Gasteiger partial charge on any atom is -0.484 e. The van der Waals surface area contributed by atoms with Gasteiger partial charge in [-0.2, -0.15) is 0 Å². The van der Waals surface area contributed by atoms with Gasteiger partial charge in [0.15, 0.2) is 0 Å². The van der Waals surface area contributed by atoms with E-state index in [4.69, 9.17) is 4.74 Å². The molecule has 0 saturated carbocycles. The summed E-state index contributed by atoms with van der Waals surface area (Å²) in [5.74, 6) is 0.689. The first-order valence-electron chi connectivity index (χ1n) is 6.91. The third kappa shape index (κ3) is 3.43. The lowest BCUT2D eigenvalue weighted by Gasteiger charge is -2.33. The molecule has 1 aromatic rings. The lowest BCUT2D eigenvalue weighted by atomic mass is 10.1. The van der Waals surface area contributed by atoms with E-state index in [0.29, 0.717) is 18.8 Å². The number of benzene rings is 1. The van der Waals surface area contributed by atoms with Crippen LogP contribution in [0.5, 0.6) is 5.75 Å². The average Bonchev–Trinajstić information content (AvgIpc) is 2.37. The lowest BCUT2D eigenvalue weighted by Crippen LogP contribution is -2.40. The Labute approximate surface area is 120 Å². The van der Waals surface area contributed by atoms with Gasteiger partial charge < -0.3 is 10.1 Å². The van der Waals surface area contributed by atoms with Crippen molar-refractivity contribution in [1.82, 2.24) is 4.72 Å². The van der Waals surface area contributed by atoms with E-state index in [1.807, 2.05) is 20.8 Å². The van der Waals surface area contributed by atoms with E-state index in [-0.39, 0.29) is 10.5 Å². The molecule has 5 nitrogen and oxygen atoms in total. The van der Waals surface area contributed by atoms with Gasteiger partial charge in [-0.3, -0.25) is 0 Å². The van der Waals surface area contributed by atoms with E-state index in [0.717, 1.165) is 18.5 Å². The first-order valence-corrected chi connectivity index (χ1v) is 8.39. The van der Waals surface area contributed by atoms with Crippen molar-refractivity contribution < 1.29 is 13.2 Å². The predicted octanol–water partition coefficient (Wildman–Crippen LogP) is 2.35. The van der Waals surface area contributed by atoms with Crippen molar-refractivity contribution in [2.45, 2.75) is 44.1 Å². The number of nitrogens with one attached hydrogen (secondary N) is 2. The molecule has 0 radical (unpaired) electrons. The summed E-state index contributed by atoms with van der Waals surface area (Å²) in [6.45, 7) is 7.11. The van der Waals surface area contributed by atoms with Gasteiger partial charge in [0.1, 0.15) is 11.4 Å². The quantitative estimate of drug-likeness (QED) is 0.819. The molecular weight excluding hydrogens is 276 g/mol. The monoisotopic (exact) mass is 298 g/mol. The molecule has 0 bridgehead atoms. The van der Waals surface area contributed by atoms with E-state index in [1.54, 1.807) is 18.2 Å². The maximum atomic E-state index is 12.1. The highest BCUT2D eigenvalue weighted by molar-refractivity contribution is 7.89. The number of rotatable bonds is 5. The van der Waals surface area contributed by atoms with Gasteiger partial charge in [0.25, 0.3) is 0 Å². The Kier molecular flexibility index (Phi) is 4.25. The summed E-state index contributed by atoms with van der Waals surface area (Å²) in [5, 5.41) is 3.22. The molecule has 0 fully saturated rings. The molecule has 0 aliphatic carbocycles. The maximum absolute atomic E-state index is 12.1. The lowest BCUT2D eigenvalue weighted by molar-refractivity contribution is 0.116. The molecule has 2 rings (SSSR count). The molecule has 0 aromatic heterocycles. The molecule has 2 N–H and O–H groups in total. The second-order valence-corrected chi connectivity index (χ2v) is 7.39. The fraction of sp³-hybridized carbons (Fsp3) is 0.571. The van der Waals surface area contributed by atoms with Crippen LogP contribution in [0.15, 0.2) is 23.1 Å². The van der Waals surface area contributed by atoms with Crippen LogP contribution in [0, 0.1) is 0 Å². The van der Waals surface area contributed by atoms with Crippen LogP contribution in [0.2, 0.25) is 0 Å². The van der Waals surface area contributed by atoms with Gasteiger partial charge in [0.05, 0.1) is 17.1 Å². The minimum absolute atomic E-state index is 0.267. The smallest absolute Gasteiger partial charge is 0.240 e. The fourth-order valence-corrected chi connectivity index (χ4v) is 3.11. The highest BCUT2D eigenvalue weighted by Gasteiger charge is 2.27. The van der Waals surface area contributed by atoms with E-state index in [1.165, 1.54) is 0 Å². The molecule has 1 aliphatic heterocycles. The Morgan fingerprint density at radius 1 is 1.40 bits per heavy atom. The molecule has 112 valence electrons. The normalized spacial score (nSPS) is 16.9. The minimum atomic E-state index is -3.44. The number of fused-ring (bicyclic) bond motifs is 1. The fourth-order valence-electron chi connectivity index (χ4n) is 2.01. The molecule has 0 unspecified atom stereocenters. The van der Waals surface area contributed by atoms with Crippen molar-refractivity contribution in [3.05, 3.63) is 18.2 Å².